The average molecular weight is 410 g/mol. The molecule has 0 saturated carbocycles. The van der Waals surface area contributed by atoms with Gasteiger partial charge in [-0.15, -0.1) is 0 Å². The maximum absolute atomic E-state index is 5.41. The quantitative estimate of drug-likeness (QED) is 0.394. The summed E-state index contributed by atoms with van der Waals surface area (Å²) in [5.74, 6) is 2.01. The average Bonchev–Trinajstić information content (AvgIpc) is 3.23. The Kier molecular flexibility index (Phi) is 8.75. The molecule has 0 amide bonds. The number of anilines is 1. The van der Waals surface area contributed by atoms with E-state index in [9.17, 15) is 0 Å². The molecule has 0 radical (unpaired) electrons. The van der Waals surface area contributed by atoms with Crippen molar-refractivity contribution in [3.05, 3.63) is 5.82 Å². The van der Waals surface area contributed by atoms with Gasteiger partial charge in [0.15, 0.2) is 5.96 Å². The van der Waals surface area contributed by atoms with E-state index in [4.69, 9.17) is 9.73 Å². The minimum absolute atomic E-state index is 0.880. The van der Waals surface area contributed by atoms with Gasteiger partial charge >= 0.3 is 0 Å². The van der Waals surface area contributed by atoms with Crippen molar-refractivity contribution >= 4 is 22.6 Å². The van der Waals surface area contributed by atoms with Crippen LogP contribution in [0.3, 0.4) is 0 Å². The largest absolute Gasteiger partial charge is 0.379 e. The van der Waals surface area contributed by atoms with E-state index in [1.165, 1.54) is 18.0 Å². The van der Waals surface area contributed by atoms with Crippen LogP contribution < -0.4 is 10.2 Å². The van der Waals surface area contributed by atoms with Gasteiger partial charge < -0.3 is 19.9 Å². The molecule has 1 aromatic heterocycles. The molecule has 2 saturated heterocycles. The molecule has 0 aliphatic carbocycles. The summed E-state index contributed by atoms with van der Waals surface area (Å²) in [6.07, 6.45) is 3.24. The fourth-order valence-electron chi connectivity index (χ4n) is 3.51. The number of morpholine rings is 1. The van der Waals surface area contributed by atoms with Crippen molar-refractivity contribution in [1.82, 2.24) is 24.5 Å². The van der Waals surface area contributed by atoms with Gasteiger partial charge in [-0.1, -0.05) is 6.92 Å². The Bertz CT molecular complexity index is 595. The molecule has 1 aromatic rings. The number of nitrogens with zero attached hydrogens (tertiary/aromatic N) is 6. The highest BCUT2D eigenvalue weighted by Gasteiger charge is 2.22. The van der Waals surface area contributed by atoms with Gasteiger partial charge in [-0.25, -0.2) is 4.98 Å². The minimum atomic E-state index is 0.880. The first-order valence-electron chi connectivity index (χ1n) is 10.7. The first-order valence-corrected chi connectivity index (χ1v) is 11.5. The van der Waals surface area contributed by atoms with Crippen molar-refractivity contribution in [2.45, 2.75) is 33.1 Å². The topological polar surface area (TPSA) is 69.1 Å². The van der Waals surface area contributed by atoms with E-state index >= 15 is 0 Å². The predicted molar refractivity (Wildman–Crippen MR) is 116 cm³/mol. The van der Waals surface area contributed by atoms with Crippen LogP contribution in [0, 0.1) is 0 Å². The van der Waals surface area contributed by atoms with E-state index in [0.29, 0.717) is 0 Å². The molecule has 2 aliphatic rings. The Morgan fingerprint density at radius 2 is 1.89 bits per heavy atom. The summed E-state index contributed by atoms with van der Waals surface area (Å²) in [7, 11) is 0. The zero-order valence-electron chi connectivity index (χ0n) is 17.4. The SMILES string of the molecule is CCNC(=NCCCCN1CCOCC1)N1CCN(c2nc(CC)ns2)CC1. The summed E-state index contributed by atoms with van der Waals surface area (Å²) in [5.41, 5.74) is 0. The third-order valence-electron chi connectivity index (χ3n) is 5.21. The number of hydrogen-bond donors (Lipinski definition) is 1. The zero-order valence-corrected chi connectivity index (χ0v) is 18.2. The molecule has 2 fully saturated rings. The van der Waals surface area contributed by atoms with Crippen LogP contribution in [0.25, 0.3) is 0 Å². The molecule has 0 aromatic carbocycles. The summed E-state index contributed by atoms with van der Waals surface area (Å²) in [6, 6.07) is 0. The van der Waals surface area contributed by atoms with E-state index < -0.39 is 0 Å². The first-order chi connectivity index (χ1) is 13.8. The van der Waals surface area contributed by atoms with Gasteiger partial charge in [0.2, 0.25) is 5.13 Å². The molecule has 0 unspecified atom stereocenters. The molecule has 0 spiro atoms. The minimum Gasteiger partial charge on any atom is -0.379 e. The lowest BCUT2D eigenvalue weighted by Gasteiger charge is -2.36. The molecule has 0 atom stereocenters. The van der Waals surface area contributed by atoms with E-state index in [2.05, 4.69) is 43.2 Å². The van der Waals surface area contributed by atoms with Crippen LogP contribution in [0.15, 0.2) is 4.99 Å². The maximum atomic E-state index is 5.41. The number of piperazine rings is 1. The Balaban J connectivity index is 1.41. The highest BCUT2D eigenvalue weighted by atomic mass is 32.1. The lowest BCUT2D eigenvalue weighted by molar-refractivity contribution is 0.0373. The van der Waals surface area contributed by atoms with Gasteiger partial charge in [0.25, 0.3) is 0 Å². The number of rotatable bonds is 8. The van der Waals surface area contributed by atoms with Crippen molar-refractivity contribution in [2.24, 2.45) is 4.99 Å². The van der Waals surface area contributed by atoms with Crippen molar-refractivity contribution in [1.29, 1.82) is 0 Å². The molecular weight excluding hydrogens is 374 g/mol. The van der Waals surface area contributed by atoms with Crippen LogP contribution in [-0.4, -0.2) is 97.2 Å². The lowest BCUT2D eigenvalue weighted by Crippen LogP contribution is -2.52. The third kappa shape index (κ3) is 6.28. The van der Waals surface area contributed by atoms with Crippen LogP contribution in [0.1, 0.15) is 32.5 Å². The number of aromatic nitrogens is 2. The molecule has 9 heteroatoms. The van der Waals surface area contributed by atoms with Crippen LogP contribution in [0.2, 0.25) is 0 Å². The first kappa shape index (κ1) is 21.3. The number of unbranched alkanes of at least 4 members (excludes halogenated alkanes) is 1. The summed E-state index contributed by atoms with van der Waals surface area (Å²) >= 11 is 1.52. The van der Waals surface area contributed by atoms with Gasteiger partial charge in [-0.05, 0) is 26.3 Å². The molecule has 0 bridgehead atoms. The molecule has 2 aliphatic heterocycles. The van der Waals surface area contributed by atoms with Crippen molar-refractivity contribution in [3.63, 3.8) is 0 Å². The van der Waals surface area contributed by atoms with Crippen LogP contribution in [0.4, 0.5) is 5.13 Å². The molecule has 1 N–H and O–H groups in total. The molecule has 3 heterocycles. The van der Waals surface area contributed by atoms with Gasteiger partial charge in [0.05, 0.1) is 13.2 Å². The van der Waals surface area contributed by atoms with Crippen LogP contribution in [0.5, 0.6) is 0 Å². The van der Waals surface area contributed by atoms with E-state index in [0.717, 1.165) is 102 Å². The second-order valence-electron chi connectivity index (χ2n) is 7.22. The fraction of sp³-hybridized carbons (Fsp3) is 0.842. The summed E-state index contributed by atoms with van der Waals surface area (Å²) in [4.78, 5) is 16.7. The Morgan fingerprint density at radius 3 is 2.57 bits per heavy atom. The number of aryl methyl sites for hydroxylation is 1. The van der Waals surface area contributed by atoms with Crippen molar-refractivity contribution in [3.8, 4) is 0 Å². The Labute approximate surface area is 173 Å². The molecule has 3 rings (SSSR count). The Morgan fingerprint density at radius 1 is 1.11 bits per heavy atom. The third-order valence-corrected chi connectivity index (χ3v) is 6.02. The number of nitrogens with one attached hydrogen (secondary N) is 1. The lowest BCUT2D eigenvalue weighted by atomic mass is 10.3. The molecule has 28 heavy (non-hydrogen) atoms. The maximum Gasteiger partial charge on any atom is 0.205 e. The highest BCUT2D eigenvalue weighted by molar-refractivity contribution is 7.09. The number of hydrogen-bond acceptors (Lipinski definition) is 7. The van der Waals surface area contributed by atoms with Gasteiger partial charge in [0.1, 0.15) is 5.82 Å². The monoisotopic (exact) mass is 409 g/mol. The second kappa shape index (κ2) is 11.5. The number of aliphatic imine (C=N–C) groups is 1. The van der Waals surface area contributed by atoms with E-state index in [-0.39, 0.29) is 0 Å². The standard InChI is InChI=1S/C19H35N7OS/c1-3-17-22-19(28-23-17)26-11-9-25(10-12-26)18(20-4-2)21-7-5-6-8-24-13-15-27-16-14-24/h3-16H2,1-2H3,(H,20,21). The summed E-state index contributed by atoms with van der Waals surface area (Å²) < 4.78 is 9.82. The summed E-state index contributed by atoms with van der Waals surface area (Å²) in [5, 5.41) is 4.52. The van der Waals surface area contributed by atoms with Gasteiger partial charge in [0, 0.05) is 70.3 Å². The van der Waals surface area contributed by atoms with Crippen molar-refractivity contribution < 1.29 is 4.74 Å². The predicted octanol–water partition coefficient (Wildman–Crippen LogP) is 1.30. The highest BCUT2D eigenvalue weighted by Crippen LogP contribution is 2.19. The van der Waals surface area contributed by atoms with E-state index in [1.807, 2.05) is 0 Å². The number of ether oxygens (including phenoxy) is 1. The summed E-state index contributed by atoms with van der Waals surface area (Å²) in [6.45, 7) is 15.0. The van der Waals surface area contributed by atoms with Crippen LogP contribution in [-0.2, 0) is 11.2 Å². The van der Waals surface area contributed by atoms with Crippen LogP contribution >= 0.6 is 11.5 Å². The molecule has 8 nitrogen and oxygen atoms in total. The Hall–Kier alpha value is -1.45. The second-order valence-corrected chi connectivity index (χ2v) is 7.95. The van der Waals surface area contributed by atoms with Gasteiger partial charge in [-0.3, -0.25) is 9.89 Å². The normalized spacial score (nSPS) is 19.3. The fourth-order valence-corrected chi connectivity index (χ4v) is 4.31. The van der Waals surface area contributed by atoms with Crippen molar-refractivity contribution in [2.75, 3.05) is 77.0 Å². The zero-order chi connectivity index (χ0) is 19.6. The smallest absolute Gasteiger partial charge is 0.205 e. The number of guanidine groups is 1. The molecular formula is C19H35N7OS. The van der Waals surface area contributed by atoms with E-state index in [1.54, 1.807) is 0 Å². The van der Waals surface area contributed by atoms with Gasteiger partial charge in [-0.2, -0.15) is 4.37 Å². The molecule has 158 valence electrons.